The molecule has 1 fully saturated rings. The van der Waals surface area contributed by atoms with Crippen LogP contribution in [-0.4, -0.2) is 76.0 Å². The standard InChI is InChI=1S/C51H59N3O9/c1-6-29-60-51-46(53(5)47(57)26-19-34-17-21-38(22-18-34)54(58)59)33-44(52-63-50(2,3)4)42-31-37(15-9-11-27-55)41(16-10-12-28-56)48(49(42)51)43-32-40(24-25-45(43)62-51)61-39-23-20-35-13-7-8-14-36(35)30-39/h6-8,13-14,17-26,30-32,37,41,46,48-49,55-56H,1,9-12,15-16,27-29,33H2,2-5H3. The number of nitro benzene ring substituents is 1. The summed E-state index contributed by atoms with van der Waals surface area (Å²) in [5.41, 5.74) is 2.56. The largest absolute Gasteiger partial charge is 0.459 e. The lowest BCUT2D eigenvalue weighted by atomic mass is 9.55. The zero-order chi connectivity index (χ0) is 44.7. The third-order valence-corrected chi connectivity index (χ3v) is 12.4. The van der Waals surface area contributed by atoms with Crippen molar-refractivity contribution in [2.45, 2.75) is 89.1 Å². The highest BCUT2D eigenvalue weighted by molar-refractivity contribution is 6.03. The van der Waals surface area contributed by atoms with Crippen LogP contribution in [0.3, 0.4) is 0 Å². The Kier molecular flexibility index (Phi) is 14.1. The van der Waals surface area contributed by atoms with Gasteiger partial charge in [0.25, 0.3) is 5.69 Å². The van der Waals surface area contributed by atoms with Gasteiger partial charge >= 0.3 is 0 Å². The van der Waals surface area contributed by atoms with E-state index in [1.807, 2.05) is 63.2 Å². The van der Waals surface area contributed by atoms with Crippen LogP contribution in [-0.2, 0) is 14.4 Å². The second-order valence-electron chi connectivity index (χ2n) is 17.7. The lowest BCUT2D eigenvalue weighted by Crippen LogP contribution is -2.69. The van der Waals surface area contributed by atoms with Gasteiger partial charge in [-0.05, 0) is 129 Å². The molecule has 6 atom stereocenters. The van der Waals surface area contributed by atoms with Crippen molar-refractivity contribution >= 4 is 34.2 Å². The van der Waals surface area contributed by atoms with Gasteiger partial charge in [-0.15, -0.1) is 6.58 Å². The normalized spacial score (nSPS) is 23.4. The van der Waals surface area contributed by atoms with Crippen LogP contribution in [0.25, 0.3) is 16.8 Å². The van der Waals surface area contributed by atoms with Crippen LogP contribution in [0.4, 0.5) is 5.69 Å². The summed E-state index contributed by atoms with van der Waals surface area (Å²) >= 11 is 0. The van der Waals surface area contributed by atoms with Gasteiger partial charge in [-0.2, -0.15) is 0 Å². The van der Waals surface area contributed by atoms with Gasteiger partial charge in [-0.3, -0.25) is 14.9 Å². The Morgan fingerprint density at radius 3 is 2.37 bits per heavy atom. The van der Waals surface area contributed by atoms with Crippen molar-refractivity contribution in [1.29, 1.82) is 0 Å². The molecule has 0 aromatic heterocycles. The van der Waals surface area contributed by atoms with Crippen molar-refractivity contribution in [2.75, 3.05) is 26.9 Å². The Hall–Kier alpha value is -5.82. The number of oxime groups is 1. The van der Waals surface area contributed by atoms with E-state index in [1.54, 1.807) is 36.2 Å². The Bertz CT molecular complexity index is 2370. The second kappa shape index (κ2) is 19.7. The number of fused-ring (bicyclic) bond motifs is 3. The summed E-state index contributed by atoms with van der Waals surface area (Å²) in [4.78, 5) is 33.1. The summed E-state index contributed by atoms with van der Waals surface area (Å²) < 4.78 is 20.9. The number of aliphatic hydroxyl groups is 2. The first-order valence-electron chi connectivity index (χ1n) is 22.0. The number of unbranched alkanes of at least 4 members (excludes halogenated alkanes) is 2. The number of carbonyl (C=O) groups excluding carboxylic acids is 1. The summed E-state index contributed by atoms with van der Waals surface area (Å²) in [7, 11) is 1.73. The fraction of sp³-hybridized carbons (Fsp3) is 0.412. The average molecular weight is 858 g/mol. The molecule has 0 saturated heterocycles. The fourth-order valence-electron chi connectivity index (χ4n) is 9.50. The van der Waals surface area contributed by atoms with Gasteiger partial charge < -0.3 is 34.2 Å². The molecule has 0 spiro atoms. The third kappa shape index (κ3) is 10.0. The molecule has 12 nitrogen and oxygen atoms in total. The van der Waals surface area contributed by atoms with Crippen LogP contribution in [0, 0.1) is 27.9 Å². The Balaban J connectivity index is 1.39. The number of benzene rings is 4. The number of hydrogen-bond donors (Lipinski definition) is 2. The molecule has 2 N–H and O–H groups in total. The quantitative estimate of drug-likeness (QED) is 0.0327. The van der Waals surface area contributed by atoms with Crippen molar-refractivity contribution in [2.24, 2.45) is 22.9 Å². The molecule has 1 heterocycles. The van der Waals surface area contributed by atoms with Crippen LogP contribution >= 0.6 is 0 Å². The highest BCUT2D eigenvalue weighted by Gasteiger charge is 2.65. The van der Waals surface area contributed by atoms with Crippen LogP contribution < -0.4 is 9.47 Å². The number of amides is 1. The Morgan fingerprint density at radius 1 is 0.968 bits per heavy atom. The van der Waals surface area contributed by atoms with E-state index in [-0.39, 0.29) is 55.6 Å². The molecule has 1 aliphatic heterocycles. The van der Waals surface area contributed by atoms with Gasteiger partial charge in [0.05, 0.1) is 23.2 Å². The maximum absolute atomic E-state index is 14.4. The number of non-ortho nitro benzene ring substituents is 1. The van der Waals surface area contributed by atoms with Crippen LogP contribution in [0.5, 0.6) is 17.2 Å². The molecule has 1 amide bonds. The molecule has 4 aromatic carbocycles. The molecule has 63 heavy (non-hydrogen) atoms. The Morgan fingerprint density at radius 2 is 1.67 bits per heavy atom. The first-order chi connectivity index (χ1) is 30.3. The zero-order valence-electron chi connectivity index (χ0n) is 36.7. The number of nitro groups is 1. The van der Waals surface area contributed by atoms with E-state index >= 15 is 0 Å². The van der Waals surface area contributed by atoms with Gasteiger partial charge in [0.1, 0.15) is 28.9 Å². The highest BCUT2D eigenvalue weighted by atomic mass is 16.7. The van der Waals surface area contributed by atoms with Crippen molar-refractivity contribution in [3.63, 3.8) is 0 Å². The number of carbonyl (C=O) groups is 1. The Labute approximate surface area is 369 Å². The number of aliphatic hydroxyl groups excluding tert-OH is 2. The van der Waals surface area contributed by atoms with Gasteiger partial charge in [-0.25, -0.2) is 0 Å². The summed E-state index contributed by atoms with van der Waals surface area (Å²) in [5.74, 6) is -0.375. The lowest BCUT2D eigenvalue weighted by Gasteiger charge is -2.59. The molecular formula is C51H59N3O9. The monoisotopic (exact) mass is 857 g/mol. The first-order valence-corrected chi connectivity index (χ1v) is 22.0. The minimum atomic E-state index is -1.42. The average Bonchev–Trinajstić information content (AvgIpc) is 3.27. The van der Waals surface area contributed by atoms with Crippen LogP contribution in [0.15, 0.2) is 120 Å². The molecule has 0 radical (unpaired) electrons. The highest BCUT2D eigenvalue weighted by Crippen LogP contribution is 2.62. The fourth-order valence-corrected chi connectivity index (χ4v) is 9.50. The van der Waals surface area contributed by atoms with Gasteiger partial charge in [0.2, 0.25) is 11.7 Å². The van der Waals surface area contributed by atoms with Crippen molar-refractivity contribution in [1.82, 2.24) is 4.90 Å². The summed E-state index contributed by atoms with van der Waals surface area (Å²) in [6, 6.07) is 25.4. The molecule has 1 saturated carbocycles. The van der Waals surface area contributed by atoms with Crippen molar-refractivity contribution < 1.29 is 39.0 Å². The van der Waals surface area contributed by atoms with E-state index in [0.29, 0.717) is 41.4 Å². The predicted octanol–water partition coefficient (Wildman–Crippen LogP) is 10.1. The summed E-state index contributed by atoms with van der Waals surface area (Å²) in [6.07, 6.45) is 11.9. The van der Waals surface area contributed by atoms with Crippen LogP contribution in [0.2, 0.25) is 0 Å². The molecular weight excluding hydrogens is 799 g/mol. The van der Waals surface area contributed by atoms with E-state index in [4.69, 9.17) is 24.2 Å². The SMILES string of the molecule is C=CCOC12Oc3ccc(Oc4ccc5ccccc5c4)cc3C3C(CCCCO)C(CCCCO)C=C(C(=NOC(C)(C)C)CC1N(C)C(=O)C=Cc1ccc([N+](=O)[O-])cc1)C32. The number of hydrogen-bond acceptors (Lipinski definition) is 10. The van der Waals surface area contributed by atoms with Crippen molar-refractivity contribution in [3.8, 4) is 17.2 Å². The molecule has 332 valence electrons. The van der Waals surface area contributed by atoms with E-state index in [1.165, 1.54) is 18.2 Å². The predicted molar refractivity (Wildman–Crippen MR) is 245 cm³/mol. The maximum atomic E-state index is 14.4. The first kappa shape index (κ1) is 45.2. The molecule has 12 heteroatoms. The molecule has 0 bridgehead atoms. The van der Waals surface area contributed by atoms with Crippen LogP contribution in [0.1, 0.15) is 82.8 Å². The van der Waals surface area contributed by atoms with E-state index in [2.05, 4.69) is 30.9 Å². The minimum Gasteiger partial charge on any atom is -0.459 e. The molecule has 7 rings (SSSR count). The zero-order valence-corrected chi connectivity index (χ0v) is 36.7. The van der Waals surface area contributed by atoms with Crippen molar-refractivity contribution in [3.05, 3.63) is 137 Å². The van der Waals surface area contributed by atoms with Gasteiger partial charge in [0.15, 0.2) is 0 Å². The number of allylic oxidation sites excluding steroid dienone is 1. The number of ether oxygens (including phenoxy) is 3. The number of likely N-dealkylation sites (N-methyl/N-ethyl adjacent to an activating group) is 1. The summed E-state index contributed by atoms with van der Waals surface area (Å²) in [5, 5.41) is 38.2. The van der Waals surface area contributed by atoms with E-state index in [9.17, 15) is 25.1 Å². The topological polar surface area (TPSA) is 153 Å². The van der Waals surface area contributed by atoms with E-state index in [0.717, 1.165) is 47.6 Å². The number of nitrogens with zero attached hydrogens (tertiary/aromatic N) is 3. The lowest BCUT2D eigenvalue weighted by molar-refractivity contribution is -0.384. The molecule has 4 aromatic rings. The number of rotatable bonds is 18. The molecule has 3 aliphatic rings. The third-order valence-electron chi connectivity index (χ3n) is 12.4. The molecule has 2 aliphatic carbocycles. The maximum Gasteiger partial charge on any atom is 0.269 e. The van der Waals surface area contributed by atoms with Gasteiger partial charge in [0, 0.05) is 56.4 Å². The minimum absolute atomic E-state index is 0.0401. The molecule has 6 unspecified atom stereocenters. The smallest absolute Gasteiger partial charge is 0.269 e. The summed E-state index contributed by atoms with van der Waals surface area (Å²) in [6.45, 7) is 10.1. The van der Waals surface area contributed by atoms with Gasteiger partial charge in [-0.1, -0.05) is 60.5 Å². The second-order valence-corrected chi connectivity index (χ2v) is 17.7. The van der Waals surface area contributed by atoms with E-state index < -0.39 is 28.3 Å².